The summed E-state index contributed by atoms with van der Waals surface area (Å²) in [7, 11) is 3.30. The zero-order valence-electron chi connectivity index (χ0n) is 21.2. The first-order valence-corrected chi connectivity index (χ1v) is 12.2. The minimum absolute atomic E-state index is 0.0711. The molecule has 37 heavy (non-hydrogen) atoms. The van der Waals surface area contributed by atoms with Gasteiger partial charge in [0.2, 0.25) is 0 Å². The topological polar surface area (TPSA) is 109 Å². The molecule has 1 N–H and O–H groups in total. The fourth-order valence-electron chi connectivity index (χ4n) is 3.45. The second kappa shape index (κ2) is 14.8. The number of aromatic nitrogens is 3. The lowest BCUT2D eigenvalue weighted by atomic mass is 10.1. The van der Waals surface area contributed by atoms with Crippen molar-refractivity contribution in [1.29, 1.82) is 0 Å². The summed E-state index contributed by atoms with van der Waals surface area (Å²) >= 11 is 5.63. The van der Waals surface area contributed by atoms with E-state index in [0.29, 0.717) is 31.4 Å². The molecule has 12 heteroatoms. The molecule has 200 valence electrons. The normalized spacial score (nSPS) is 14.9. The molecule has 0 bridgehead atoms. The lowest BCUT2D eigenvalue weighted by Crippen LogP contribution is -2.51. The Labute approximate surface area is 222 Å². The van der Waals surface area contributed by atoms with Crippen molar-refractivity contribution in [2.75, 3.05) is 60.3 Å². The summed E-state index contributed by atoms with van der Waals surface area (Å²) in [5, 5.41) is 3.97. The lowest BCUT2D eigenvalue weighted by molar-refractivity contribution is -0.0305. The van der Waals surface area contributed by atoms with Gasteiger partial charge in [-0.1, -0.05) is 25.3 Å². The fraction of sp³-hybridized carbons (Fsp3) is 0.440. The standard InChI is InChI=1S/C25H33N5O6S/c1-5-12-34-22-27-23(35-13-6-2)29-24(28-22)36-17-20-16-30(11-14-33-20)25(37)26-10-9-18-15-19(31-3)7-8-21(18)32-4/h5-8,15,20H,1-2,9-14,16-17H2,3-4H3,(H,26,37). The van der Waals surface area contributed by atoms with Crippen molar-refractivity contribution in [3.63, 3.8) is 0 Å². The van der Waals surface area contributed by atoms with Crippen LogP contribution in [0.4, 0.5) is 0 Å². The molecule has 0 amide bonds. The van der Waals surface area contributed by atoms with Crippen molar-refractivity contribution in [3.05, 3.63) is 49.1 Å². The maximum Gasteiger partial charge on any atom is 0.326 e. The predicted molar refractivity (Wildman–Crippen MR) is 142 cm³/mol. The molecule has 1 fully saturated rings. The Kier molecular flexibility index (Phi) is 11.2. The van der Waals surface area contributed by atoms with E-state index in [2.05, 4.69) is 38.3 Å². The molecule has 1 aromatic heterocycles. The number of hydrogen-bond acceptors (Lipinski definition) is 10. The molecule has 1 saturated heterocycles. The van der Waals surface area contributed by atoms with Gasteiger partial charge in [-0.2, -0.15) is 0 Å². The molecule has 3 rings (SSSR count). The number of ether oxygens (including phenoxy) is 6. The first kappa shape index (κ1) is 27.9. The van der Waals surface area contributed by atoms with E-state index in [9.17, 15) is 0 Å². The molecule has 0 saturated carbocycles. The van der Waals surface area contributed by atoms with E-state index in [-0.39, 0.29) is 44.0 Å². The number of morpholine rings is 1. The molecule has 1 aromatic carbocycles. The summed E-state index contributed by atoms with van der Waals surface area (Å²) in [6, 6.07) is 5.96. The van der Waals surface area contributed by atoms with Gasteiger partial charge in [0.1, 0.15) is 37.4 Å². The molecule has 2 aromatic rings. The maximum atomic E-state index is 5.86. The van der Waals surface area contributed by atoms with E-state index in [4.69, 9.17) is 40.6 Å². The number of thiocarbonyl (C=S) groups is 1. The van der Waals surface area contributed by atoms with Crippen LogP contribution in [0.2, 0.25) is 0 Å². The Morgan fingerprint density at radius 3 is 2.38 bits per heavy atom. The van der Waals surface area contributed by atoms with E-state index >= 15 is 0 Å². The Bertz CT molecular complexity index is 1030. The highest BCUT2D eigenvalue weighted by Gasteiger charge is 2.23. The van der Waals surface area contributed by atoms with Crippen LogP contribution in [-0.2, 0) is 11.2 Å². The highest BCUT2D eigenvalue weighted by molar-refractivity contribution is 7.80. The van der Waals surface area contributed by atoms with Gasteiger partial charge in [-0.25, -0.2) is 0 Å². The van der Waals surface area contributed by atoms with Gasteiger partial charge in [-0.05, 0) is 42.4 Å². The first-order valence-electron chi connectivity index (χ1n) is 11.8. The lowest BCUT2D eigenvalue weighted by Gasteiger charge is -2.34. The maximum absolute atomic E-state index is 5.86. The second-order valence-electron chi connectivity index (χ2n) is 7.79. The molecular weight excluding hydrogens is 498 g/mol. The molecule has 1 aliphatic rings. The third kappa shape index (κ3) is 8.76. The largest absolute Gasteiger partial charge is 0.497 e. The van der Waals surface area contributed by atoms with Crippen LogP contribution < -0.4 is 29.0 Å². The number of rotatable bonds is 14. The van der Waals surface area contributed by atoms with E-state index in [1.807, 2.05) is 18.2 Å². The van der Waals surface area contributed by atoms with Crippen LogP contribution in [0.3, 0.4) is 0 Å². The monoisotopic (exact) mass is 531 g/mol. The van der Waals surface area contributed by atoms with Crippen molar-refractivity contribution in [2.24, 2.45) is 0 Å². The van der Waals surface area contributed by atoms with Crippen molar-refractivity contribution >= 4 is 17.3 Å². The fourth-order valence-corrected chi connectivity index (χ4v) is 3.71. The summed E-state index contributed by atoms with van der Waals surface area (Å²) in [6.07, 6.45) is 3.66. The Hall–Kier alpha value is -3.64. The highest BCUT2D eigenvalue weighted by Crippen LogP contribution is 2.24. The molecule has 2 heterocycles. The Morgan fingerprint density at radius 2 is 1.76 bits per heavy atom. The summed E-state index contributed by atoms with van der Waals surface area (Å²) in [5.41, 5.74) is 1.04. The SMILES string of the molecule is C=CCOc1nc(OCC=C)nc(OCC2CN(C(=S)NCCc3cc(OC)ccc3OC)CCO2)n1. The van der Waals surface area contributed by atoms with Crippen LogP contribution in [0.25, 0.3) is 0 Å². The van der Waals surface area contributed by atoms with Gasteiger partial charge in [0.25, 0.3) is 0 Å². The molecule has 0 radical (unpaired) electrons. The Morgan fingerprint density at radius 1 is 1.08 bits per heavy atom. The van der Waals surface area contributed by atoms with Crippen molar-refractivity contribution < 1.29 is 28.4 Å². The van der Waals surface area contributed by atoms with Gasteiger partial charge in [-0.15, -0.1) is 15.0 Å². The van der Waals surface area contributed by atoms with E-state index in [1.165, 1.54) is 0 Å². The Balaban J connectivity index is 1.51. The average molecular weight is 532 g/mol. The van der Waals surface area contributed by atoms with Crippen molar-refractivity contribution in [1.82, 2.24) is 25.2 Å². The molecule has 0 aliphatic carbocycles. The van der Waals surface area contributed by atoms with Gasteiger partial charge < -0.3 is 38.6 Å². The van der Waals surface area contributed by atoms with Crippen LogP contribution >= 0.6 is 12.2 Å². The summed E-state index contributed by atoms with van der Waals surface area (Å²) in [5.74, 6) is 1.60. The number of hydrogen-bond donors (Lipinski definition) is 1. The zero-order valence-corrected chi connectivity index (χ0v) is 22.0. The van der Waals surface area contributed by atoms with E-state index in [1.54, 1.807) is 26.4 Å². The minimum Gasteiger partial charge on any atom is -0.497 e. The number of nitrogens with one attached hydrogen (secondary N) is 1. The molecule has 1 unspecified atom stereocenters. The number of nitrogens with zero attached hydrogens (tertiary/aromatic N) is 4. The molecular formula is C25H33N5O6S. The summed E-state index contributed by atoms with van der Waals surface area (Å²) in [4.78, 5) is 14.5. The third-order valence-electron chi connectivity index (χ3n) is 5.22. The minimum atomic E-state index is -0.237. The molecule has 1 atom stereocenters. The zero-order chi connectivity index (χ0) is 26.5. The number of benzene rings is 1. The molecule has 0 spiro atoms. The first-order chi connectivity index (χ1) is 18.1. The number of methoxy groups -OCH3 is 2. The van der Waals surface area contributed by atoms with Crippen molar-refractivity contribution in [3.8, 4) is 29.5 Å². The van der Waals surface area contributed by atoms with Gasteiger partial charge >= 0.3 is 18.0 Å². The van der Waals surface area contributed by atoms with Gasteiger partial charge in [0.05, 0.1) is 20.8 Å². The van der Waals surface area contributed by atoms with E-state index < -0.39 is 0 Å². The molecule has 1 aliphatic heterocycles. The van der Waals surface area contributed by atoms with E-state index in [0.717, 1.165) is 23.5 Å². The second-order valence-corrected chi connectivity index (χ2v) is 8.18. The average Bonchev–Trinajstić information content (AvgIpc) is 2.93. The quantitative estimate of drug-likeness (QED) is 0.285. The molecule has 11 nitrogen and oxygen atoms in total. The smallest absolute Gasteiger partial charge is 0.326 e. The van der Waals surface area contributed by atoms with Crippen LogP contribution in [-0.4, -0.2) is 91.3 Å². The van der Waals surface area contributed by atoms with Gasteiger partial charge in [-0.3, -0.25) is 0 Å². The van der Waals surface area contributed by atoms with Crippen LogP contribution in [0.5, 0.6) is 29.5 Å². The van der Waals surface area contributed by atoms with Crippen LogP contribution in [0.15, 0.2) is 43.5 Å². The predicted octanol–water partition coefficient (Wildman–Crippen LogP) is 2.22. The van der Waals surface area contributed by atoms with Gasteiger partial charge in [0.15, 0.2) is 5.11 Å². The summed E-state index contributed by atoms with van der Waals surface area (Å²) < 4.78 is 33.2. The van der Waals surface area contributed by atoms with Gasteiger partial charge in [0, 0.05) is 19.6 Å². The van der Waals surface area contributed by atoms with Crippen molar-refractivity contribution in [2.45, 2.75) is 12.5 Å². The van der Waals surface area contributed by atoms with Crippen LogP contribution in [0, 0.1) is 0 Å². The third-order valence-corrected chi connectivity index (χ3v) is 5.62. The summed E-state index contributed by atoms with van der Waals surface area (Å²) in [6.45, 7) is 10.3. The van der Waals surface area contributed by atoms with Crippen LogP contribution in [0.1, 0.15) is 5.56 Å². The highest BCUT2D eigenvalue weighted by atomic mass is 32.1.